The van der Waals surface area contributed by atoms with Crippen molar-refractivity contribution in [2.75, 3.05) is 6.54 Å². The van der Waals surface area contributed by atoms with Crippen LogP contribution >= 0.6 is 0 Å². The van der Waals surface area contributed by atoms with Crippen molar-refractivity contribution in [1.29, 1.82) is 0 Å². The van der Waals surface area contributed by atoms with Gasteiger partial charge in [-0.2, -0.15) is 0 Å². The molecular formula is C19H16FN3O3. The van der Waals surface area contributed by atoms with Crippen LogP contribution in [0, 0.1) is 5.82 Å². The van der Waals surface area contributed by atoms with Gasteiger partial charge in [-0.25, -0.2) is 4.39 Å². The van der Waals surface area contributed by atoms with Crippen LogP contribution in [-0.2, 0) is 17.8 Å². The third-order valence-corrected chi connectivity index (χ3v) is 4.28. The Balaban J connectivity index is 1.64. The zero-order chi connectivity index (χ0) is 18.1. The fourth-order valence-electron chi connectivity index (χ4n) is 3.07. The standard InChI is InChI=1S/C19H16FN3O3/c20-13-5-6-15-17(11-13)23(19(25)16-4-1-9-22(15)16)12-18(24)21-8-7-14-3-2-10-26-14/h1-6,9-11H,7-8,12H2,(H,21,24). The normalized spacial score (nSPS) is 11.3. The molecule has 0 saturated carbocycles. The number of carbonyl (C=O) groups excluding carboxylic acids is 1. The Morgan fingerprint density at radius 3 is 2.81 bits per heavy atom. The quantitative estimate of drug-likeness (QED) is 0.599. The molecular weight excluding hydrogens is 337 g/mol. The first-order valence-corrected chi connectivity index (χ1v) is 8.22. The van der Waals surface area contributed by atoms with Gasteiger partial charge in [0.25, 0.3) is 5.56 Å². The Labute approximate surface area is 147 Å². The maximum Gasteiger partial charge on any atom is 0.275 e. The van der Waals surface area contributed by atoms with Gasteiger partial charge < -0.3 is 14.1 Å². The summed E-state index contributed by atoms with van der Waals surface area (Å²) in [5.41, 5.74) is 1.14. The molecule has 1 N–H and O–H groups in total. The predicted molar refractivity (Wildman–Crippen MR) is 94.5 cm³/mol. The van der Waals surface area contributed by atoms with Crippen molar-refractivity contribution in [3.63, 3.8) is 0 Å². The summed E-state index contributed by atoms with van der Waals surface area (Å²) >= 11 is 0. The molecule has 0 radical (unpaired) electrons. The molecule has 4 rings (SSSR count). The number of carbonyl (C=O) groups is 1. The second-order valence-corrected chi connectivity index (χ2v) is 5.97. The van der Waals surface area contributed by atoms with Crippen LogP contribution in [0.2, 0.25) is 0 Å². The van der Waals surface area contributed by atoms with E-state index in [0.717, 1.165) is 5.76 Å². The number of furan rings is 1. The van der Waals surface area contributed by atoms with Gasteiger partial charge >= 0.3 is 0 Å². The molecule has 0 aliphatic heterocycles. The molecule has 0 unspecified atom stereocenters. The van der Waals surface area contributed by atoms with Crippen LogP contribution in [0.1, 0.15) is 5.76 Å². The van der Waals surface area contributed by atoms with Crippen molar-refractivity contribution in [3.8, 4) is 0 Å². The Hall–Kier alpha value is -3.35. The minimum absolute atomic E-state index is 0.182. The van der Waals surface area contributed by atoms with Gasteiger partial charge in [-0.3, -0.25) is 14.2 Å². The number of amides is 1. The van der Waals surface area contributed by atoms with Crippen LogP contribution in [0.3, 0.4) is 0 Å². The number of hydrogen-bond acceptors (Lipinski definition) is 3. The lowest BCUT2D eigenvalue weighted by Gasteiger charge is -2.13. The SMILES string of the molecule is O=C(Cn1c(=O)c2cccn2c2ccc(F)cc21)NCCc1ccco1. The summed E-state index contributed by atoms with van der Waals surface area (Å²) < 4.78 is 21.9. The smallest absolute Gasteiger partial charge is 0.275 e. The third-order valence-electron chi connectivity index (χ3n) is 4.28. The Kier molecular flexibility index (Phi) is 4.04. The number of halogens is 1. The molecule has 3 heterocycles. The van der Waals surface area contributed by atoms with E-state index in [4.69, 9.17) is 4.42 Å². The highest BCUT2D eigenvalue weighted by molar-refractivity contribution is 5.82. The summed E-state index contributed by atoms with van der Waals surface area (Å²) in [6.07, 6.45) is 3.87. The maximum atomic E-state index is 13.7. The molecule has 1 aromatic carbocycles. The van der Waals surface area contributed by atoms with E-state index in [1.807, 2.05) is 6.07 Å². The molecule has 3 aromatic heterocycles. The van der Waals surface area contributed by atoms with Crippen LogP contribution < -0.4 is 10.9 Å². The fraction of sp³-hybridized carbons (Fsp3) is 0.158. The van der Waals surface area contributed by atoms with Crippen molar-refractivity contribution in [1.82, 2.24) is 14.3 Å². The second kappa shape index (κ2) is 6.51. The largest absolute Gasteiger partial charge is 0.469 e. The third kappa shape index (κ3) is 2.88. The first-order valence-electron chi connectivity index (χ1n) is 8.22. The van der Waals surface area contributed by atoms with E-state index in [1.54, 1.807) is 41.1 Å². The van der Waals surface area contributed by atoms with E-state index in [2.05, 4.69) is 5.32 Å². The van der Waals surface area contributed by atoms with Gasteiger partial charge in [0.1, 0.15) is 23.6 Å². The molecule has 0 fully saturated rings. The van der Waals surface area contributed by atoms with Gasteiger partial charge in [0, 0.05) is 19.2 Å². The fourth-order valence-corrected chi connectivity index (χ4v) is 3.07. The number of fused-ring (bicyclic) bond motifs is 3. The number of nitrogens with zero attached hydrogens (tertiary/aromatic N) is 2. The highest BCUT2D eigenvalue weighted by atomic mass is 19.1. The van der Waals surface area contributed by atoms with E-state index < -0.39 is 5.82 Å². The van der Waals surface area contributed by atoms with Gasteiger partial charge in [0.2, 0.25) is 5.91 Å². The topological polar surface area (TPSA) is 68.7 Å². The number of rotatable bonds is 5. The maximum absolute atomic E-state index is 13.7. The molecule has 0 aliphatic rings. The van der Waals surface area contributed by atoms with E-state index in [0.29, 0.717) is 29.5 Å². The van der Waals surface area contributed by atoms with E-state index in [9.17, 15) is 14.0 Å². The Morgan fingerprint density at radius 1 is 1.12 bits per heavy atom. The van der Waals surface area contributed by atoms with Crippen LogP contribution in [0.4, 0.5) is 4.39 Å². The van der Waals surface area contributed by atoms with Gasteiger partial charge in [0.15, 0.2) is 0 Å². The van der Waals surface area contributed by atoms with Crippen LogP contribution in [0.25, 0.3) is 16.6 Å². The van der Waals surface area contributed by atoms with Crippen molar-refractivity contribution < 1.29 is 13.6 Å². The van der Waals surface area contributed by atoms with Crippen LogP contribution in [0.5, 0.6) is 0 Å². The Bertz CT molecular complexity index is 1140. The lowest BCUT2D eigenvalue weighted by Crippen LogP contribution is -2.34. The van der Waals surface area contributed by atoms with Crippen LogP contribution in [-0.4, -0.2) is 21.4 Å². The molecule has 132 valence electrons. The lowest BCUT2D eigenvalue weighted by atomic mass is 10.2. The summed E-state index contributed by atoms with van der Waals surface area (Å²) in [6, 6.07) is 11.2. The lowest BCUT2D eigenvalue weighted by molar-refractivity contribution is -0.121. The number of hydrogen-bond donors (Lipinski definition) is 1. The second-order valence-electron chi connectivity index (χ2n) is 5.97. The summed E-state index contributed by atoms with van der Waals surface area (Å²) in [4.78, 5) is 25.0. The van der Waals surface area contributed by atoms with E-state index in [1.165, 1.54) is 16.7 Å². The molecule has 0 bridgehead atoms. The number of aromatic nitrogens is 2. The molecule has 26 heavy (non-hydrogen) atoms. The molecule has 4 aromatic rings. The minimum atomic E-state index is -0.463. The average molecular weight is 353 g/mol. The summed E-state index contributed by atoms with van der Waals surface area (Å²) in [5.74, 6) is -0.0138. The van der Waals surface area contributed by atoms with Gasteiger partial charge in [-0.05, 0) is 42.5 Å². The zero-order valence-corrected chi connectivity index (χ0v) is 13.8. The highest BCUT2D eigenvalue weighted by Gasteiger charge is 2.14. The van der Waals surface area contributed by atoms with Crippen molar-refractivity contribution in [3.05, 3.63) is 76.9 Å². The van der Waals surface area contributed by atoms with Crippen LogP contribution in [0.15, 0.2) is 64.1 Å². The first-order chi connectivity index (χ1) is 12.6. The van der Waals surface area contributed by atoms with Gasteiger partial charge in [-0.15, -0.1) is 0 Å². The molecule has 0 aliphatic carbocycles. The van der Waals surface area contributed by atoms with Crippen molar-refractivity contribution in [2.24, 2.45) is 0 Å². The molecule has 0 spiro atoms. The first kappa shape index (κ1) is 16.1. The number of benzene rings is 1. The summed E-state index contributed by atoms with van der Waals surface area (Å²) in [6.45, 7) is 0.208. The Morgan fingerprint density at radius 2 is 2.00 bits per heavy atom. The van der Waals surface area contributed by atoms with Gasteiger partial charge in [0.05, 0.1) is 17.3 Å². The van der Waals surface area contributed by atoms with Crippen molar-refractivity contribution >= 4 is 22.5 Å². The van der Waals surface area contributed by atoms with Gasteiger partial charge in [-0.1, -0.05) is 0 Å². The highest BCUT2D eigenvalue weighted by Crippen LogP contribution is 2.16. The summed E-state index contributed by atoms with van der Waals surface area (Å²) in [5, 5.41) is 2.76. The molecule has 1 amide bonds. The molecule has 7 heteroatoms. The van der Waals surface area contributed by atoms with E-state index >= 15 is 0 Å². The zero-order valence-electron chi connectivity index (χ0n) is 13.8. The average Bonchev–Trinajstić information content (AvgIpc) is 3.30. The monoisotopic (exact) mass is 353 g/mol. The molecule has 0 atom stereocenters. The van der Waals surface area contributed by atoms with E-state index in [-0.39, 0.29) is 18.0 Å². The summed E-state index contributed by atoms with van der Waals surface area (Å²) in [7, 11) is 0. The molecule has 6 nitrogen and oxygen atoms in total. The molecule has 0 saturated heterocycles. The van der Waals surface area contributed by atoms with Crippen molar-refractivity contribution in [2.45, 2.75) is 13.0 Å². The number of nitrogens with one attached hydrogen (secondary N) is 1. The minimum Gasteiger partial charge on any atom is -0.469 e. The predicted octanol–water partition coefficient (Wildman–Crippen LogP) is 2.35.